The van der Waals surface area contributed by atoms with Gasteiger partial charge in [-0.25, -0.2) is 9.78 Å². The molecule has 0 saturated heterocycles. The predicted octanol–water partition coefficient (Wildman–Crippen LogP) is 4.36. The lowest BCUT2D eigenvalue weighted by molar-refractivity contribution is -0.172. The van der Waals surface area contributed by atoms with E-state index < -0.39 is 11.6 Å². The van der Waals surface area contributed by atoms with E-state index >= 15 is 0 Å². The van der Waals surface area contributed by atoms with Gasteiger partial charge >= 0.3 is 5.97 Å². The third-order valence-corrected chi connectivity index (χ3v) is 8.41. The lowest BCUT2D eigenvalue weighted by atomic mass is 9.86. The lowest BCUT2D eigenvalue weighted by Crippen LogP contribution is -2.44. The molecular weight excluding hydrogens is 552 g/mol. The number of carbonyl (C=O) groups is 1. The number of benzene rings is 2. The largest absolute Gasteiger partial charge is 0.458 e. The summed E-state index contributed by atoms with van der Waals surface area (Å²) < 4.78 is 19.2. The third-order valence-electron chi connectivity index (χ3n) is 7.88. The van der Waals surface area contributed by atoms with Crippen molar-refractivity contribution in [1.29, 1.82) is 0 Å². The van der Waals surface area contributed by atoms with Gasteiger partial charge in [-0.15, -0.1) is 0 Å². The summed E-state index contributed by atoms with van der Waals surface area (Å²) >= 11 is 3.50. The summed E-state index contributed by atoms with van der Waals surface area (Å²) in [5.74, 6) is 0.577. The molecule has 1 N–H and O–H groups in total. The Morgan fingerprint density at radius 2 is 1.79 bits per heavy atom. The van der Waals surface area contributed by atoms with Gasteiger partial charge < -0.3 is 23.9 Å². The third kappa shape index (κ3) is 3.34. The van der Waals surface area contributed by atoms with E-state index in [0.717, 1.165) is 39.3 Å². The van der Waals surface area contributed by atoms with E-state index in [2.05, 4.69) is 28.1 Å². The highest BCUT2D eigenvalue weighted by Crippen LogP contribution is 2.43. The fraction of sp³-hybridized carbons (Fsp3) is 0.276. The Balaban J connectivity index is 1.43. The van der Waals surface area contributed by atoms with Crippen LogP contribution in [0.15, 0.2) is 51.7 Å². The van der Waals surface area contributed by atoms with Crippen LogP contribution < -0.4 is 15.0 Å². The maximum absolute atomic E-state index is 13.7. The molecule has 38 heavy (non-hydrogen) atoms. The number of aliphatic hydroxyl groups is 1. The summed E-state index contributed by atoms with van der Waals surface area (Å²) in [6.07, 6.45) is 1.63. The maximum Gasteiger partial charge on any atom is 0.343 e. The normalized spacial score (nSPS) is 18.8. The van der Waals surface area contributed by atoms with Gasteiger partial charge in [0.15, 0.2) is 17.1 Å². The summed E-state index contributed by atoms with van der Waals surface area (Å²) in [6.45, 7) is 2.06. The Labute approximate surface area is 225 Å². The number of halogens is 1. The van der Waals surface area contributed by atoms with Gasteiger partial charge in [-0.2, -0.15) is 0 Å². The summed E-state index contributed by atoms with van der Waals surface area (Å²) in [5, 5.41) is 12.1. The number of aryl methyl sites for hydroxylation is 2. The molecule has 3 aliphatic heterocycles. The van der Waals surface area contributed by atoms with Gasteiger partial charge in [0.2, 0.25) is 6.79 Å². The molecule has 3 aliphatic rings. The second-order valence-corrected chi connectivity index (χ2v) is 10.8. The molecular formula is C29H23BrN2O6. The van der Waals surface area contributed by atoms with E-state index in [1.807, 2.05) is 24.3 Å². The number of hydrogen-bond acceptors (Lipinski definition) is 7. The molecule has 9 heteroatoms. The van der Waals surface area contributed by atoms with Crippen molar-refractivity contribution >= 4 is 32.8 Å². The number of ether oxygens (including phenoxy) is 3. The van der Waals surface area contributed by atoms with Crippen LogP contribution in [-0.4, -0.2) is 27.4 Å². The van der Waals surface area contributed by atoms with Crippen molar-refractivity contribution in [1.82, 2.24) is 9.55 Å². The van der Waals surface area contributed by atoms with Crippen molar-refractivity contribution in [3.05, 3.63) is 85.1 Å². The van der Waals surface area contributed by atoms with Crippen molar-refractivity contribution in [3.8, 4) is 22.9 Å². The highest BCUT2D eigenvalue weighted by atomic mass is 79.9. The SMILES string of the molecule is CC[C@@]1(O)C(=O)OCc2c1cc1n(c2=O)Cc2c-1nc1cc3c(cc1c2CCc1ccc(Br)cc1)OCO3. The summed E-state index contributed by atoms with van der Waals surface area (Å²) in [5.41, 5.74) is 3.74. The summed E-state index contributed by atoms with van der Waals surface area (Å²) in [4.78, 5) is 31.2. The number of aromatic nitrogens is 2. The van der Waals surface area contributed by atoms with Gasteiger partial charge in [0.25, 0.3) is 5.56 Å². The molecule has 0 spiro atoms. The molecule has 0 bridgehead atoms. The van der Waals surface area contributed by atoms with Crippen LogP contribution in [0.4, 0.5) is 0 Å². The first-order chi connectivity index (χ1) is 18.4. The van der Waals surface area contributed by atoms with Crippen LogP contribution in [0.5, 0.6) is 11.5 Å². The van der Waals surface area contributed by atoms with E-state index in [1.165, 1.54) is 5.56 Å². The quantitative estimate of drug-likeness (QED) is 0.318. The molecule has 0 aliphatic carbocycles. The Morgan fingerprint density at radius 3 is 2.55 bits per heavy atom. The number of rotatable bonds is 4. The van der Waals surface area contributed by atoms with Crippen molar-refractivity contribution in [2.75, 3.05) is 6.79 Å². The monoisotopic (exact) mass is 574 g/mol. The van der Waals surface area contributed by atoms with E-state index in [9.17, 15) is 14.7 Å². The van der Waals surface area contributed by atoms with Crippen LogP contribution in [0.25, 0.3) is 22.3 Å². The molecule has 0 unspecified atom stereocenters. The van der Waals surface area contributed by atoms with Crippen molar-refractivity contribution < 1.29 is 24.1 Å². The minimum atomic E-state index is -1.86. The van der Waals surface area contributed by atoms with Gasteiger partial charge in [0.1, 0.15) is 6.61 Å². The summed E-state index contributed by atoms with van der Waals surface area (Å²) in [7, 11) is 0. The number of pyridine rings is 2. The standard InChI is InChI=1S/C29H23BrN2O6/c1-2-29(35)21-10-23-26-19(12-32(23)27(33)20(21)13-36-28(29)34)17(8-5-15-3-6-16(30)7-4-15)18-9-24-25(38-14-37-24)11-22(18)31-26/h3-4,6-7,9-11,35H,2,5,8,12-14H2,1H3/t29-/m0/s1. The molecule has 4 aromatic rings. The zero-order valence-corrected chi connectivity index (χ0v) is 22.1. The molecule has 1 atom stereocenters. The van der Waals surface area contributed by atoms with Crippen LogP contribution in [-0.2, 0) is 41.1 Å². The molecule has 0 saturated carbocycles. The Hall–Kier alpha value is -3.69. The maximum atomic E-state index is 13.7. The molecule has 2 aromatic carbocycles. The number of esters is 1. The second-order valence-electron chi connectivity index (χ2n) is 9.87. The smallest absolute Gasteiger partial charge is 0.343 e. The highest BCUT2D eigenvalue weighted by Gasteiger charge is 2.45. The first-order valence-electron chi connectivity index (χ1n) is 12.5. The Bertz CT molecular complexity index is 1730. The van der Waals surface area contributed by atoms with Crippen molar-refractivity contribution in [2.24, 2.45) is 0 Å². The molecule has 0 radical (unpaired) electrons. The van der Waals surface area contributed by atoms with Crippen LogP contribution in [0, 0.1) is 0 Å². The van der Waals surface area contributed by atoms with Crippen LogP contribution >= 0.6 is 15.9 Å². The number of nitrogens with zero attached hydrogens (tertiary/aromatic N) is 2. The minimum Gasteiger partial charge on any atom is -0.458 e. The molecule has 0 fully saturated rings. The van der Waals surface area contributed by atoms with Crippen LogP contribution in [0.1, 0.15) is 41.2 Å². The topological polar surface area (TPSA) is 99.9 Å². The fourth-order valence-corrected chi connectivity index (χ4v) is 6.02. The van der Waals surface area contributed by atoms with Crippen molar-refractivity contribution in [3.63, 3.8) is 0 Å². The minimum absolute atomic E-state index is 0.0989. The van der Waals surface area contributed by atoms with Gasteiger partial charge in [0.05, 0.1) is 29.0 Å². The molecule has 192 valence electrons. The van der Waals surface area contributed by atoms with E-state index in [-0.39, 0.29) is 25.4 Å². The Morgan fingerprint density at radius 1 is 1.03 bits per heavy atom. The Kier molecular flexibility index (Phi) is 5.18. The van der Waals surface area contributed by atoms with E-state index in [0.29, 0.717) is 40.6 Å². The van der Waals surface area contributed by atoms with Crippen LogP contribution in [0.2, 0.25) is 0 Å². The average molecular weight is 575 g/mol. The first kappa shape index (κ1) is 23.4. The molecule has 0 amide bonds. The average Bonchev–Trinajstić information content (AvgIpc) is 3.53. The van der Waals surface area contributed by atoms with Crippen molar-refractivity contribution in [2.45, 2.75) is 44.9 Å². The van der Waals surface area contributed by atoms with Gasteiger partial charge in [-0.05, 0) is 54.7 Å². The van der Waals surface area contributed by atoms with Gasteiger partial charge in [0, 0.05) is 27.1 Å². The predicted molar refractivity (Wildman–Crippen MR) is 142 cm³/mol. The zero-order valence-electron chi connectivity index (χ0n) is 20.5. The van der Waals surface area contributed by atoms with Crippen LogP contribution in [0.3, 0.4) is 0 Å². The highest BCUT2D eigenvalue weighted by molar-refractivity contribution is 9.10. The molecule has 5 heterocycles. The molecule has 7 rings (SSSR count). The van der Waals surface area contributed by atoms with Gasteiger partial charge in [-0.1, -0.05) is 35.0 Å². The van der Waals surface area contributed by atoms with E-state index in [4.69, 9.17) is 19.2 Å². The lowest BCUT2D eigenvalue weighted by Gasteiger charge is -2.31. The number of fused-ring (bicyclic) bond motifs is 6. The number of carbonyl (C=O) groups excluding carboxylic acids is 1. The summed E-state index contributed by atoms with van der Waals surface area (Å²) in [6, 6.07) is 13.8. The fourth-order valence-electron chi connectivity index (χ4n) is 5.76. The van der Waals surface area contributed by atoms with Gasteiger partial charge in [-0.3, -0.25) is 4.79 Å². The number of cyclic esters (lactones) is 1. The van der Waals surface area contributed by atoms with E-state index in [1.54, 1.807) is 17.6 Å². The number of hydrogen-bond donors (Lipinski definition) is 1. The molecule has 2 aromatic heterocycles. The first-order valence-corrected chi connectivity index (χ1v) is 13.3. The molecule has 8 nitrogen and oxygen atoms in total. The zero-order chi connectivity index (χ0) is 26.2. The second kappa shape index (κ2) is 8.41.